The van der Waals surface area contributed by atoms with E-state index in [0.717, 1.165) is 0 Å². The molecular formula is C12H14N2O2S. The van der Waals surface area contributed by atoms with Crippen LogP contribution >= 0.6 is 0 Å². The number of allylic oxidation sites excluding steroid dienone is 2. The van der Waals surface area contributed by atoms with Gasteiger partial charge in [0.2, 0.25) is 10.3 Å². The molecule has 2 aliphatic carbocycles. The molecule has 0 aromatic carbocycles. The molecule has 3 aliphatic rings. The first-order chi connectivity index (χ1) is 8.18. The molecule has 1 fully saturated rings. The third kappa shape index (κ3) is 1.62. The molecule has 0 aromatic rings. The molecule has 17 heavy (non-hydrogen) atoms. The third-order valence-corrected chi connectivity index (χ3v) is 4.62. The van der Waals surface area contributed by atoms with Crippen molar-refractivity contribution in [1.82, 2.24) is 5.32 Å². The number of hydrogen-bond donors (Lipinski definition) is 2. The number of hydrogen-bond acceptors (Lipinski definition) is 4. The van der Waals surface area contributed by atoms with Crippen molar-refractivity contribution < 1.29 is 8.42 Å². The van der Waals surface area contributed by atoms with Gasteiger partial charge in [0.15, 0.2) is 0 Å². The van der Waals surface area contributed by atoms with Crippen LogP contribution in [0.4, 0.5) is 0 Å². The minimum absolute atomic E-state index is 0.124. The molecule has 1 heterocycles. The molecule has 0 amide bonds. The van der Waals surface area contributed by atoms with Gasteiger partial charge < -0.3 is 11.1 Å². The van der Waals surface area contributed by atoms with E-state index in [0.29, 0.717) is 4.86 Å². The second kappa shape index (κ2) is 3.94. The molecule has 0 saturated carbocycles. The van der Waals surface area contributed by atoms with E-state index in [1.165, 1.54) is 0 Å². The molecule has 4 nitrogen and oxygen atoms in total. The van der Waals surface area contributed by atoms with Gasteiger partial charge in [-0.2, -0.15) is 8.42 Å². The van der Waals surface area contributed by atoms with Gasteiger partial charge in [-0.25, -0.2) is 0 Å². The van der Waals surface area contributed by atoms with Crippen molar-refractivity contribution in [3.63, 3.8) is 0 Å². The fourth-order valence-electron chi connectivity index (χ4n) is 3.04. The quantitative estimate of drug-likeness (QED) is 0.576. The Balaban J connectivity index is 2.03. The standard InChI is InChI=1S/C12H14N2O2S/c13-12-10(17(15)16)6-5-9-11(12)7-3-1-2-4-8(7)14-9/h1-9,11-12,14H,13H2. The maximum atomic E-state index is 11.1. The summed E-state index contributed by atoms with van der Waals surface area (Å²) in [4.78, 5) is 0.316. The van der Waals surface area contributed by atoms with E-state index in [9.17, 15) is 8.42 Å². The summed E-state index contributed by atoms with van der Waals surface area (Å²) in [6.07, 6.45) is 11.8. The lowest BCUT2D eigenvalue weighted by atomic mass is 9.77. The van der Waals surface area contributed by atoms with E-state index in [-0.39, 0.29) is 23.9 Å². The van der Waals surface area contributed by atoms with Gasteiger partial charge in [0, 0.05) is 30.0 Å². The molecule has 1 saturated heterocycles. The Morgan fingerprint density at radius 2 is 1.88 bits per heavy atom. The zero-order valence-corrected chi connectivity index (χ0v) is 9.97. The van der Waals surface area contributed by atoms with Crippen LogP contribution in [0.3, 0.4) is 0 Å². The number of fused-ring (bicyclic) bond motifs is 3. The molecule has 0 radical (unpaired) electrons. The monoisotopic (exact) mass is 250 g/mol. The molecule has 0 aromatic heterocycles. The Hall–Kier alpha value is -1.17. The second-order valence-corrected chi connectivity index (χ2v) is 5.61. The van der Waals surface area contributed by atoms with E-state index in [2.05, 4.69) is 17.5 Å². The smallest absolute Gasteiger partial charge is 0.218 e. The zero-order chi connectivity index (χ0) is 12.0. The number of nitrogens with two attached hydrogens (primary N) is 1. The highest BCUT2D eigenvalue weighted by Gasteiger charge is 2.45. The van der Waals surface area contributed by atoms with Crippen molar-refractivity contribution in [2.45, 2.75) is 18.1 Å². The maximum Gasteiger partial charge on any atom is 0.218 e. The summed E-state index contributed by atoms with van der Waals surface area (Å²) >= 11 is 0. The van der Waals surface area contributed by atoms with Gasteiger partial charge >= 0.3 is 0 Å². The van der Waals surface area contributed by atoms with Crippen molar-refractivity contribution in [2.24, 2.45) is 17.6 Å². The van der Waals surface area contributed by atoms with E-state index in [4.69, 9.17) is 5.73 Å². The van der Waals surface area contributed by atoms with Gasteiger partial charge in [0.05, 0.1) is 4.86 Å². The first-order valence-electron chi connectivity index (χ1n) is 5.69. The van der Waals surface area contributed by atoms with Crippen LogP contribution in [0.15, 0.2) is 36.5 Å². The molecule has 3 N–H and O–H groups in total. The lowest BCUT2D eigenvalue weighted by Crippen LogP contribution is -2.47. The molecule has 5 heteroatoms. The van der Waals surface area contributed by atoms with Crippen LogP contribution in [0.2, 0.25) is 0 Å². The Labute approximate surface area is 101 Å². The maximum absolute atomic E-state index is 11.1. The van der Waals surface area contributed by atoms with Crippen molar-refractivity contribution in [3.8, 4) is 0 Å². The predicted molar refractivity (Wildman–Crippen MR) is 67.0 cm³/mol. The lowest BCUT2D eigenvalue weighted by Gasteiger charge is -2.30. The molecular weight excluding hydrogens is 236 g/mol. The number of rotatable bonds is 0. The van der Waals surface area contributed by atoms with Crippen molar-refractivity contribution in [3.05, 3.63) is 36.5 Å². The predicted octanol–water partition coefficient (Wildman–Crippen LogP) is -0.366. The molecule has 0 bridgehead atoms. The molecule has 0 spiro atoms. The van der Waals surface area contributed by atoms with Crippen LogP contribution in [0.5, 0.6) is 0 Å². The van der Waals surface area contributed by atoms with Crippen molar-refractivity contribution >= 4 is 15.2 Å². The fourth-order valence-corrected chi connectivity index (χ4v) is 3.61. The minimum Gasteiger partial charge on any atom is -0.323 e. The normalized spacial score (nSPS) is 42.4. The van der Waals surface area contributed by atoms with E-state index in [1.807, 2.05) is 18.2 Å². The summed E-state index contributed by atoms with van der Waals surface area (Å²) in [5, 5.41) is 3.47. The van der Waals surface area contributed by atoms with E-state index in [1.54, 1.807) is 6.08 Å². The SMILES string of the molecule is NC1C(=S(=O)=O)C=CC2NC3C=CC=CC3C21. The highest BCUT2D eigenvalue weighted by molar-refractivity contribution is 7.73. The molecule has 5 unspecified atom stereocenters. The van der Waals surface area contributed by atoms with Crippen LogP contribution < -0.4 is 11.1 Å². The van der Waals surface area contributed by atoms with Gasteiger partial charge in [0.1, 0.15) is 0 Å². The topological polar surface area (TPSA) is 72.2 Å². The molecule has 5 atom stereocenters. The first kappa shape index (κ1) is 11.0. The largest absolute Gasteiger partial charge is 0.323 e. The Kier molecular flexibility index (Phi) is 2.54. The van der Waals surface area contributed by atoms with Gasteiger partial charge in [0.25, 0.3) is 0 Å². The van der Waals surface area contributed by atoms with Crippen LogP contribution in [0.1, 0.15) is 0 Å². The van der Waals surface area contributed by atoms with Crippen LogP contribution in [0.25, 0.3) is 0 Å². The highest BCUT2D eigenvalue weighted by atomic mass is 32.2. The Bertz CT molecular complexity index is 551. The zero-order valence-electron chi connectivity index (χ0n) is 9.15. The third-order valence-electron chi connectivity index (χ3n) is 3.83. The van der Waals surface area contributed by atoms with Crippen molar-refractivity contribution in [1.29, 1.82) is 0 Å². The van der Waals surface area contributed by atoms with Gasteiger partial charge in [-0.1, -0.05) is 30.4 Å². The summed E-state index contributed by atoms with van der Waals surface area (Å²) in [5.74, 6) is 0.405. The Morgan fingerprint density at radius 1 is 1.12 bits per heavy atom. The summed E-state index contributed by atoms with van der Waals surface area (Å²) in [6, 6.07) is 0.0202. The number of nitrogens with one attached hydrogen (secondary N) is 1. The van der Waals surface area contributed by atoms with Crippen LogP contribution in [0, 0.1) is 11.8 Å². The first-order valence-corrected chi connectivity index (χ1v) is 6.77. The van der Waals surface area contributed by atoms with Crippen LogP contribution in [-0.2, 0) is 10.3 Å². The summed E-state index contributed by atoms with van der Waals surface area (Å²) in [7, 11) is -2.22. The summed E-state index contributed by atoms with van der Waals surface area (Å²) in [5.41, 5.74) is 6.09. The van der Waals surface area contributed by atoms with Crippen molar-refractivity contribution in [2.75, 3.05) is 0 Å². The molecule has 3 rings (SSSR count). The second-order valence-electron chi connectivity index (χ2n) is 4.66. The van der Waals surface area contributed by atoms with Gasteiger partial charge in [-0.3, -0.25) is 0 Å². The van der Waals surface area contributed by atoms with Crippen LogP contribution in [-0.4, -0.2) is 31.4 Å². The minimum atomic E-state index is -2.22. The molecule has 1 aliphatic heterocycles. The molecule has 90 valence electrons. The summed E-state index contributed by atoms with van der Waals surface area (Å²) in [6.45, 7) is 0. The Morgan fingerprint density at radius 3 is 2.65 bits per heavy atom. The van der Waals surface area contributed by atoms with Gasteiger partial charge in [-0.05, 0) is 6.08 Å². The average molecular weight is 250 g/mol. The summed E-state index contributed by atoms with van der Waals surface area (Å²) < 4.78 is 22.2. The lowest BCUT2D eigenvalue weighted by molar-refractivity contribution is 0.407. The fraction of sp³-hybridized carbons (Fsp3) is 0.417. The van der Waals surface area contributed by atoms with Gasteiger partial charge in [-0.15, -0.1) is 0 Å². The van der Waals surface area contributed by atoms with E-state index >= 15 is 0 Å². The van der Waals surface area contributed by atoms with E-state index < -0.39 is 16.3 Å². The average Bonchev–Trinajstić information content (AvgIpc) is 2.67. The highest BCUT2D eigenvalue weighted by Crippen LogP contribution is 2.36.